The first-order valence-corrected chi connectivity index (χ1v) is 11.6. The van der Waals surface area contributed by atoms with Gasteiger partial charge < -0.3 is 14.8 Å². The number of hydrogen-bond donors (Lipinski definition) is 2. The van der Waals surface area contributed by atoms with Crippen molar-refractivity contribution in [3.63, 3.8) is 0 Å². The maximum Gasteiger partial charge on any atom is 0.416 e. The summed E-state index contributed by atoms with van der Waals surface area (Å²) in [5.74, 6) is -2.30. The molecule has 0 radical (unpaired) electrons. The first-order valence-electron chi connectivity index (χ1n) is 11.6. The van der Waals surface area contributed by atoms with Crippen molar-refractivity contribution in [1.82, 2.24) is 9.97 Å². The normalized spacial score (nSPS) is 15.4. The number of aromatic amines is 1. The number of benzene rings is 2. The average Bonchev–Trinajstić information content (AvgIpc) is 3.32. The van der Waals surface area contributed by atoms with Crippen LogP contribution in [-0.2, 0) is 30.8 Å². The monoisotopic (exact) mass is 540 g/mol. The molecule has 0 atom stereocenters. The molecule has 4 rings (SSSR count). The Labute approximate surface area is 212 Å². The van der Waals surface area contributed by atoms with Crippen molar-refractivity contribution in [2.24, 2.45) is 0 Å². The lowest BCUT2D eigenvalue weighted by molar-refractivity contribution is -0.143. The van der Waals surface area contributed by atoms with Gasteiger partial charge in [-0.25, -0.2) is 9.78 Å². The minimum atomic E-state index is -5.02. The summed E-state index contributed by atoms with van der Waals surface area (Å²) >= 11 is 0. The van der Waals surface area contributed by atoms with Crippen LogP contribution in [0.25, 0.3) is 0 Å². The second-order valence-electron chi connectivity index (χ2n) is 9.23. The fraction of sp³-hybridized carbons (Fsp3) is 0.346. The molecular weight excluding hydrogens is 518 g/mol. The van der Waals surface area contributed by atoms with Gasteiger partial charge in [0.25, 0.3) is 5.56 Å². The van der Waals surface area contributed by atoms with Crippen LogP contribution >= 0.6 is 0 Å². The lowest BCUT2D eigenvalue weighted by atomic mass is 9.74. The minimum Gasteiger partial charge on any atom is -0.481 e. The maximum atomic E-state index is 13.5. The van der Waals surface area contributed by atoms with Gasteiger partial charge in [0, 0.05) is 11.8 Å². The zero-order valence-corrected chi connectivity index (χ0v) is 19.7. The maximum absolute atomic E-state index is 13.5. The number of ether oxygens (including phenoxy) is 1. The summed E-state index contributed by atoms with van der Waals surface area (Å²) in [7, 11) is 0. The molecule has 1 heterocycles. The van der Waals surface area contributed by atoms with E-state index in [0.29, 0.717) is 30.5 Å². The van der Waals surface area contributed by atoms with Gasteiger partial charge in [-0.2, -0.15) is 26.3 Å². The molecule has 1 aliphatic rings. The number of H-pyrrole nitrogens is 1. The highest BCUT2D eigenvalue weighted by molar-refractivity contribution is 5.88. The Morgan fingerprint density at radius 3 is 2.08 bits per heavy atom. The molecule has 0 bridgehead atoms. The predicted octanol–water partition coefficient (Wildman–Crippen LogP) is 6.14. The molecule has 3 aromatic rings. The number of rotatable bonds is 7. The Bertz CT molecular complexity index is 1340. The van der Waals surface area contributed by atoms with Crippen LogP contribution in [0, 0.1) is 0 Å². The summed E-state index contributed by atoms with van der Waals surface area (Å²) in [5.41, 5.74) is -5.26. The van der Waals surface area contributed by atoms with Crippen molar-refractivity contribution in [2.45, 2.75) is 56.5 Å². The summed E-state index contributed by atoms with van der Waals surface area (Å²) in [6, 6.07) is 10.0. The van der Waals surface area contributed by atoms with E-state index in [-0.39, 0.29) is 43.3 Å². The molecule has 2 N–H and O–H groups in total. The van der Waals surface area contributed by atoms with Gasteiger partial charge in [-0.1, -0.05) is 43.2 Å². The highest BCUT2D eigenvalue weighted by Gasteiger charge is 2.42. The van der Waals surface area contributed by atoms with Crippen LogP contribution in [0.2, 0.25) is 0 Å². The first kappa shape index (κ1) is 27.2. The average molecular weight is 540 g/mol. The molecule has 202 valence electrons. The van der Waals surface area contributed by atoms with E-state index in [1.807, 2.05) is 0 Å². The second kappa shape index (κ2) is 10.1. The van der Waals surface area contributed by atoms with Crippen molar-refractivity contribution >= 4 is 5.97 Å². The Morgan fingerprint density at radius 2 is 1.55 bits per heavy atom. The van der Waals surface area contributed by atoms with Gasteiger partial charge in [0.05, 0.1) is 11.1 Å². The molecule has 0 unspecified atom stereocenters. The van der Waals surface area contributed by atoms with Crippen LogP contribution in [0.3, 0.4) is 0 Å². The standard InChI is InChI=1S/C26H22F6N2O4/c27-25(28,29)17-10-16(11-18(12-17)26(30,31)32)24(8-4-5-9-24)13-19-33-20(23(36)37)21(22(35)34-19)38-14-15-6-2-1-3-7-15/h1-3,6-7,10-12H,4-5,8-9,13-14H2,(H,36,37)(H,33,34,35). The SMILES string of the molecule is O=C(O)c1nc(CC2(c3cc(C(F)(F)F)cc(C(F)(F)F)c3)CCCC2)[nH]c(=O)c1OCc1ccccc1. The highest BCUT2D eigenvalue weighted by Crippen LogP contribution is 2.46. The molecule has 1 aliphatic carbocycles. The predicted molar refractivity (Wildman–Crippen MR) is 123 cm³/mol. The van der Waals surface area contributed by atoms with Crippen molar-refractivity contribution in [2.75, 3.05) is 0 Å². The summed E-state index contributed by atoms with van der Waals surface area (Å²) in [4.78, 5) is 31.1. The number of carboxylic acids is 1. The number of nitrogens with one attached hydrogen (secondary N) is 1. The van der Waals surface area contributed by atoms with Crippen molar-refractivity contribution in [3.8, 4) is 5.75 Å². The van der Waals surface area contributed by atoms with Gasteiger partial charge in [0.2, 0.25) is 5.75 Å². The topological polar surface area (TPSA) is 92.3 Å². The van der Waals surface area contributed by atoms with E-state index in [4.69, 9.17) is 4.74 Å². The smallest absolute Gasteiger partial charge is 0.416 e. The van der Waals surface area contributed by atoms with E-state index in [1.165, 1.54) is 0 Å². The quantitative estimate of drug-likeness (QED) is 0.352. The van der Waals surface area contributed by atoms with E-state index in [9.17, 15) is 41.0 Å². The number of hydrogen-bond acceptors (Lipinski definition) is 4. The van der Waals surface area contributed by atoms with Crippen molar-refractivity contribution in [1.29, 1.82) is 0 Å². The van der Waals surface area contributed by atoms with Gasteiger partial charge in [-0.15, -0.1) is 0 Å². The lowest BCUT2D eigenvalue weighted by Gasteiger charge is -2.31. The van der Waals surface area contributed by atoms with Gasteiger partial charge in [-0.05, 0) is 42.2 Å². The van der Waals surface area contributed by atoms with Crippen molar-refractivity contribution < 1.29 is 41.0 Å². The Balaban J connectivity index is 1.75. The molecule has 38 heavy (non-hydrogen) atoms. The van der Waals surface area contributed by atoms with E-state index in [2.05, 4.69) is 9.97 Å². The summed E-state index contributed by atoms with van der Waals surface area (Å²) in [6.07, 6.45) is -8.81. The number of nitrogens with zero attached hydrogens (tertiary/aromatic N) is 1. The van der Waals surface area contributed by atoms with Crippen LogP contribution < -0.4 is 10.3 Å². The van der Waals surface area contributed by atoms with E-state index in [0.717, 1.165) is 0 Å². The third kappa shape index (κ3) is 5.84. The third-order valence-corrected chi connectivity index (χ3v) is 6.62. The van der Waals surface area contributed by atoms with Crippen LogP contribution in [0.1, 0.15) is 64.2 Å². The number of alkyl halides is 6. The molecule has 0 aliphatic heterocycles. The molecule has 1 fully saturated rings. The lowest BCUT2D eigenvalue weighted by Crippen LogP contribution is -2.30. The molecule has 2 aromatic carbocycles. The fourth-order valence-corrected chi connectivity index (χ4v) is 4.80. The molecule has 6 nitrogen and oxygen atoms in total. The van der Waals surface area contributed by atoms with Crippen LogP contribution in [0.15, 0.2) is 53.3 Å². The zero-order chi connectivity index (χ0) is 27.7. The van der Waals surface area contributed by atoms with Gasteiger partial charge >= 0.3 is 18.3 Å². The third-order valence-electron chi connectivity index (χ3n) is 6.62. The number of aromatic nitrogens is 2. The van der Waals surface area contributed by atoms with Gasteiger partial charge in [0.15, 0.2) is 5.69 Å². The number of aromatic carboxylic acids is 1. The first-order chi connectivity index (χ1) is 17.8. The van der Waals surface area contributed by atoms with E-state index < -0.39 is 51.9 Å². The molecule has 0 saturated heterocycles. The Kier molecular flexibility index (Phi) is 7.26. The van der Waals surface area contributed by atoms with Crippen LogP contribution in [-0.4, -0.2) is 21.0 Å². The highest BCUT2D eigenvalue weighted by atomic mass is 19.4. The number of carbonyl (C=O) groups is 1. The molecule has 0 amide bonds. The van der Waals surface area contributed by atoms with E-state index in [1.54, 1.807) is 30.3 Å². The summed E-state index contributed by atoms with van der Waals surface area (Å²) in [5, 5.41) is 9.66. The Morgan fingerprint density at radius 1 is 0.974 bits per heavy atom. The Hall–Kier alpha value is -3.83. The fourth-order valence-electron chi connectivity index (χ4n) is 4.80. The van der Waals surface area contributed by atoms with Crippen LogP contribution in [0.4, 0.5) is 26.3 Å². The van der Waals surface area contributed by atoms with E-state index >= 15 is 0 Å². The molecule has 0 spiro atoms. The van der Waals surface area contributed by atoms with Gasteiger partial charge in [0.1, 0.15) is 12.4 Å². The molecule has 1 saturated carbocycles. The molecular formula is C26H22F6N2O4. The summed E-state index contributed by atoms with van der Waals surface area (Å²) < 4.78 is 86.4. The second-order valence-corrected chi connectivity index (χ2v) is 9.23. The molecule has 12 heteroatoms. The van der Waals surface area contributed by atoms with Crippen LogP contribution in [0.5, 0.6) is 5.75 Å². The molecule has 1 aromatic heterocycles. The number of carboxylic acid groups (broad SMARTS) is 1. The zero-order valence-electron chi connectivity index (χ0n) is 19.7. The van der Waals surface area contributed by atoms with Crippen molar-refractivity contribution in [3.05, 3.63) is 92.7 Å². The summed E-state index contributed by atoms with van der Waals surface area (Å²) in [6.45, 7) is -0.125. The van der Waals surface area contributed by atoms with Gasteiger partial charge in [-0.3, -0.25) is 4.79 Å². The largest absolute Gasteiger partial charge is 0.481 e. The minimum absolute atomic E-state index is 0.0632. The number of halogens is 6.